The highest BCUT2D eigenvalue weighted by molar-refractivity contribution is 4.62. The Bertz CT molecular complexity index is 613. The summed E-state index contributed by atoms with van der Waals surface area (Å²) in [6.45, 7) is -0.554. The van der Waals surface area contributed by atoms with Crippen molar-refractivity contribution in [2.75, 3.05) is 119 Å². The van der Waals surface area contributed by atoms with Gasteiger partial charge in [0.2, 0.25) is 0 Å². The van der Waals surface area contributed by atoms with Crippen LogP contribution in [0.25, 0.3) is 0 Å². The molecule has 18 nitrogen and oxygen atoms in total. The second-order valence-corrected chi connectivity index (χ2v) is 10.0. The first-order chi connectivity index (χ1) is 21.1. The van der Waals surface area contributed by atoms with E-state index in [2.05, 4.69) is 4.89 Å². The van der Waals surface area contributed by atoms with E-state index in [0.29, 0.717) is 32.7 Å². The molecule has 0 aliphatic rings. The van der Waals surface area contributed by atoms with Gasteiger partial charge in [-0.15, -0.1) is 0 Å². The fourth-order valence-corrected chi connectivity index (χ4v) is 3.17. The first-order valence-electron chi connectivity index (χ1n) is 14.5. The summed E-state index contributed by atoms with van der Waals surface area (Å²) >= 11 is 0. The minimum atomic E-state index is -1.07. The van der Waals surface area contributed by atoms with Crippen LogP contribution in [0.5, 0.6) is 0 Å². The molecule has 0 saturated heterocycles. The second kappa shape index (κ2) is 29.7. The molecule has 0 rings (SSSR count). The molecule has 0 aromatic heterocycles. The lowest BCUT2D eigenvalue weighted by molar-refractivity contribution is -0.296. The van der Waals surface area contributed by atoms with Gasteiger partial charge in [0.25, 0.3) is 0 Å². The molecule has 0 aliphatic carbocycles. The van der Waals surface area contributed by atoms with Crippen LogP contribution in [0.3, 0.4) is 0 Å². The zero-order valence-electron chi connectivity index (χ0n) is 25.5. The predicted octanol–water partition coefficient (Wildman–Crippen LogP) is -4.61. The van der Waals surface area contributed by atoms with Crippen LogP contribution in [0.1, 0.15) is 6.42 Å². The van der Waals surface area contributed by atoms with Gasteiger partial charge in [0, 0.05) is 13.1 Å². The molecule has 0 heterocycles. The largest absolute Gasteiger partial charge is 0.394 e. The third kappa shape index (κ3) is 26.5. The van der Waals surface area contributed by atoms with Crippen molar-refractivity contribution in [3.8, 4) is 0 Å². The highest BCUT2D eigenvalue weighted by Gasteiger charge is 2.18. The van der Waals surface area contributed by atoms with Crippen LogP contribution >= 0.6 is 0 Å². The Labute approximate surface area is 258 Å². The number of ether oxygens (including phenoxy) is 7. The van der Waals surface area contributed by atoms with Crippen molar-refractivity contribution in [2.24, 2.45) is 0 Å². The average Bonchev–Trinajstić information content (AvgIpc) is 3.01. The van der Waals surface area contributed by atoms with E-state index in [1.165, 1.54) is 0 Å². The Balaban J connectivity index is 4.66. The molecule has 0 amide bonds. The Morgan fingerprint density at radius 1 is 0.500 bits per heavy atom. The molecule has 0 aromatic carbocycles. The summed E-state index contributed by atoms with van der Waals surface area (Å²) in [7, 11) is 1.86. The lowest BCUT2D eigenvalue weighted by Crippen LogP contribution is -2.33. The molecule has 7 atom stereocenters. The Morgan fingerprint density at radius 3 is 1.52 bits per heavy atom. The maximum Gasteiger partial charge on any atom is 0.184 e. The number of likely N-dealkylation sites (N-methyl/N-ethyl adjacent to an activating group) is 1. The van der Waals surface area contributed by atoms with E-state index in [4.69, 9.17) is 53.7 Å². The second-order valence-electron chi connectivity index (χ2n) is 10.0. The molecule has 0 fully saturated rings. The van der Waals surface area contributed by atoms with Crippen molar-refractivity contribution in [3.63, 3.8) is 0 Å². The molecule has 9 N–H and O–H groups in total. The minimum Gasteiger partial charge on any atom is -0.394 e. The van der Waals surface area contributed by atoms with Crippen LogP contribution in [-0.4, -0.2) is 213 Å². The topological polar surface area (TPSA) is 259 Å². The number of rotatable bonds is 33. The van der Waals surface area contributed by atoms with Crippen LogP contribution < -0.4 is 0 Å². The van der Waals surface area contributed by atoms with E-state index < -0.39 is 56.1 Å². The summed E-state index contributed by atoms with van der Waals surface area (Å²) in [6.07, 6.45) is -6.26. The van der Waals surface area contributed by atoms with E-state index in [-0.39, 0.29) is 72.7 Å². The number of nitrogens with zero attached hydrogens (tertiary/aromatic N) is 1. The molecule has 0 saturated carbocycles. The van der Waals surface area contributed by atoms with Crippen molar-refractivity contribution in [3.05, 3.63) is 0 Å². The number of hydrogen-bond acceptors (Lipinski definition) is 18. The van der Waals surface area contributed by atoms with Gasteiger partial charge in [0.1, 0.15) is 37.1 Å². The Morgan fingerprint density at radius 2 is 0.977 bits per heavy atom. The van der Waals surface area contributed by atoms with Crippen molar-refractivity contribution < 1.29 is 84.2 Å². The SMILES string of the molecule is CN(CCOCC(O)CO)CCOC(CCOC(COO)OCC(O)COCC(O)CO)COCC(O)COCC(O)CO. The molecule has 0 spiro atoms. The summed E-state index contributed by atoms with van der Waals surface area (Å²) in [6, 6.07) is 0. The average molecular weight is 654 g/mol. The zero-order chi connectivity index (χ0) is 33.0. The summed E-state index contributed by atoms with van der Waals surface area (Å²) in [5.41, 5.74) is 0. The molecule has 0 aliphatic heterocycles. The van der Waals surface area contributed by atoms with E-state index in [0.717, 1.165) is 0 Å². The lowest BCUT2D eigenvalue weighted by Gasteiger charge is -2.23. The summed E-state index contributed by atoms with van der Waals surface area (Å²) in [4.78, 5) is 6.07. The lowest BCUT2D eigenvalue weighted by atomic mass is 10.3. The van der Waals surface area contributed by atoms with E-state index >= 15 is 0 Å². The van der Waals surface area contributed by atoms with Gasteiger partial charge in [0.15, 0.2) is 6.29 Å². The number of aliphatic hydroxyl groups is 8. The molecule has 44 heavy (non-hydrogen) atoms. The molecular weight excluding hydrogens is 598 g/mol. The summed E-state index contributed by atoms with van der Waals surface area (Å²) in [5, 5.41) is 83.2. The predicted molar refractivity (Wildman–Crippen MR) is 151 cm³/mol. The van der Waals surface area contributed by atoms with Crippen molar-refractivity contribution in [1.29, 1.82) is 0 Å². The van der Waals surface area contributed by atoms with Crippen molar-refractivity contribution in [2.45, 2.75) is 49.3 Å². The van der Waals surface area contributed by atoms with Crippen LogP contribution in [0.4, 0.5) is 0 Å². The molecule has 0 aromatic rings. The van der Waals surface area contributed by atoms with Gasteiger partial charge in [-0.1, -0.05) is 0 Å². The fraction of sp³-hybridized carbons (Fsp3) is 1.00. The van der Waals surface area contributed by atoms with Crippen LogP contribution in [0.2, 0.25) is 0 Å². The molecule has 266 valence electrons. The third-order valence-corrected chi connectivity index (χ3v) is 5.67. The van der Waals surface area contributed by atoms with Gasteiger partial charge in [-0.3, -0.25) is 5.26 Å². The van der Waals surface area contributed by atoms with Crippen LogP contribution in [0.15, 0.2) is 0 Å². The molecule has 18 heteroatoms. The van der Waals surface area contributed by atoms with Gasteiger partial charge in [-0.2, -0.15) is 0 Å². The van der Waals surface area contributed by atoms with Gasteiger partial charge < -0.3 is 78.9 Å². The van der Waals surface area contributed by atoms with Gasteiger partial charge in [-0.05, 0) is 13.5 Å². The summed E-state index contributed by atoms with van der Waals surface area (Å²) in [5.74, 6) is 0. The Hall–Kier alpha value is -0.720. The molecule has 7 unspecified atom stereocenters. The number of hydrogen-bond donors (Lipinski definition) is 9. The first kappa shape index (κ1) is 43.3. The number of aliphatic hydroxyl groups excluding tert-OH is 8. The highest BCUT2D eigenvalue weighted by atomic mass is 17.1. The minimum absolute atomic E-state index is 0.0344. The molecule has 0 radical (unpaired) electrons. The van der Waals surface area contributed by atoms with E-state index in [9.17, 15) is 25.5 Å². The summed E-state index contributed by atoms with van der Waals surface area (Å²) < 4.78 is 38.0. The third-order valence-electron chi connectivity index (χ3n) is 5.67. The van der Waals surface area contributed by atoms with Gasteiger partial charge in [0.05, 0.1) is 98.6 Å². The van der Waals surface area contributed by atoms with Crippen LogP contribution in [0, 0.1) is 0 Å². The highest BCUT2D eigenvalue weighted by Crippen LogP contribution is 2.06. The van der Waals surface area contributed by atoms with E-state index in [1.54, 1.807) is 0 Å². The maximum atomic E-state index is 10.0. The zero-order valence-corrected chi connectivity index (χ0v) is 25.5. The Kier molecular flexibility index (Phi) is 29.2. The van der Waals surface area contributed by atoms with Crippen molar-refractivity contribution in [1.82, 2.24) is 4.90 Å². The quantitative estimate of drug-likeness (QED) is 0.0140. The normalized spacial score (nSPS) is 17.0. The standard InChI is InChI=1S/C26H55NO17/c1-27(3-6-37-11-20(31)8-28)4-7-41-25(18-40-15-23(34)14-38-12-21(32)9-29)2-5-42-26(19-44-36)43-17-24(35)16-39-13-22(33)10-30/h20-26,28-36H,2-19H2,1H3. The van der Waals surface area contributed by atoms with Gasteiger partial charge >= 0.3 is 0 Å². The molecule has 0 bridgehead atoms. The molecular formula is C26H55NO17. The maximum absolute atomic E-state index is 10.0. The van der Waals surface area contributed by atoms with Crippen LogP contribution in [-0.2, 0) is 38.0 Å². The first-order valence-corrected chi connectivity index (χ1v) is 14.5. The van der Waals surface area contributed by atoms with Gasteiger partial charge in [-0.25, -0.2) is 4.89 Å². The van der Waals surface area contributed by atoms with E-state index in [1.807, 2.05) is 11.9 Å². The monoisotopic (exact) mass is 653 g/mol. The fourth-order valence-electron chi connectivity index (χ4n) is 3.17. The van der Waals surface area contributed by atoms with Crippen molar-refractivity contribution >= 4 is 0 Å². The smallest absolute Gasteiger partial charge is 0.184 e.